The lowest BCUT2D eigenvalue weighted by molar-refractivity contribution is -0.116. The highest BCUT2D eigenvalue weighted by Gasteiger charge is 2.28. The summed E-state index contributed by atoms with van der Waals surface area (Å²) in [6.45, 7) is 0.336. The number of aromatic amines is 1. The second-order valence-corrected chi connectivity index (χ2v) is 6.62. The summed E-state index contributed by atoms with van der Waals surface area (Å²) in [5.41, 5.74) is 1.16. The Labute approximate surface area is 156 Å². The molecule has 0 saturated heterocycles. The second kappa shape index (κ2) is 7.53. The Bertz CT molecular complexity index is 922. The van der Waals surface area contributed by atoms with Crippen LogP contribution in [0.2, 0.25) is 0 Å². The van der Waals surface area contributed by atoms with E-state index in [1.807, 2.05) is 11.9 Å². The molecule has 0 unspecified atom stereocenters. The maximum atomic E-state index is 12.3. The zero-order chi connectivity index (χ0) is 19.6. The molecule has 2 aromatic rings. The molecule has 8 nitrogen and oxygen atoms in total. The van der Waals surface area contributed by atoms with E-state index in [-0.39, 0.29) is 35.5 Å². The zero-order valence-electron chi connectivity index (χ0n) is 15.5. The molecule has 27 heavy (non-hydrogen) atoms. The summed E-state index contributed by atoms with van der Waals surface area (Å²) in [6.07, 6.45) is 1.65. The van der Waals surface area contributed by atoms with Crippen LogP contribution < -0.4 is 20.5 Å². The topological polar surface area (TPSA) is 94.7 Å². The quantitative estimate of drug-likeness (QED) is 0.846. The fourth-order valence-corrected chi connectivity index (χ4v) is 2.93. The van der Waals surface area contributed by atoms with E-state index < -0.39 is 0 Å². The van der Waals surface area contributed by atoms with Crippen LogP contribution in [0, 0.1) is 0 Å². The Hall–Kier alpha value is -3.29. The van der Waals surface area contributed by atoms with Gasteiger partial charge in [-0.15, -0.1) is 0 Å². The third kappa shape index (κ3) is 3.94. The Morgan fingerprint density at radius 1 is 1.33 bits per heavy atom. The Balaban J connectivity index is 1.74. The van der Waals surface area contributed by atoms with Crippen molar-refractivity contribution in [2.45, 2.75) is 12.5 Å². The highest BCUT2D eigenvalue weighted by Crippen LogP contribution is 2.34. The van der Waals surface area contributed by atoms with Gasteiger partial charge in [0.2, 0.25) is 5.91 Å². The van der Waals surface area contributed by atoms with Crippen LogP contribution in [0.1, 0.15) is 16.8 Å². The van der Waals surface area contributed by atoms with Crippen LogP contribution in [0.5, 0.6) is 5.75 Å². The molecule has 2 N–H and O–H groups in total. The summed E-state index contributed by atoms with van der Waals surface area (Å²) in [5.74, 6) is 0.287. The summed E-state index contributed by atoms with van der Waals surface area (Å²) in [5, 5.41) is 2.62. The normalized spacial score (nSPS) is 15.5. The number of H-pyrrole nitrogens is 1. The molecule has 8 heteroatoms. The standard InChI is InChI=1S/C19H22N4O4/c1-22(2)19(26)12-6-7-16-15(9-12)23(3)13(11-27-16)10-17(24)21-14-5-4-8-20-18(14)25/h4-9,13H,10-11H2,1-3H3,(H,20,25)(H,21,24)/t13-/m1/s1. The van der Waals surface area contributed by atoms with Gasteiger partial charge in [-0.05, 0) is 30.3 Å². The molecule has 0 bridgehead atoms. The van der Waals surface area contributed by atoms with Crippen molar-refractivity contribution in [3.05, 3.63) is 52.4 Å². The first kappa shape index (κ1) is 18.5. The molecule has 1 aromatic heterocycles. The molecule has 3 rings (SSSR count). The number of hydrogen-bond acceptors (Lipinski definition) is 5. The predicted octanol–water partition coefficient (Wildman–Crippen LogP) is 1.30. The number of anilines is 2. The van der Waals surface area contributed by atoms with E-state index >= 15 is 0 Å². The highest BCUT2D eigenvalue weighted by molar-refractivity contribution is 5.95. The maximum Gasteiger partial charge on any atom is 0.271 e. The molecule has 0 spiro atoms. The summed E-state index contributed by atoms with van der Waals surface area (Å²) < 4.78 is 5.76. The lowest BCUT2D eigenvalue weighted by Crippen LogP contribution is -2.43. The Morgan fingerprint density at radius 3 is 2.81 bits per heavy atom. The van der Waals surface area contributed by atoms with Gasteiger partial charge in [-0.2, -0.15) is 0 Å². The fourth-order valence-electron chi connectivity index (χ4n) is 2.93. The van der Waals surface area contributed by atoms with Crippen LogP contribution in [-0.4, -0.2) is 55.5 Å². The minimum atomic E-state index is -0.351. The molecule has 2 heterocycles. The zero-order valence-corrected chi connectivity index (χ0v) is 15.5. The lowest BCUT2D eigenvalue weighted by Gasteiger charge is -2.35. The monoisotopic (exact) mass is 370 g/mol. The Morgan fingerprint density at radius 2 is 2.11 bits per heavy atom. The van der Waals surface area contributed by atoms with Gasteiger partial charge in [0, 0.05) is 32.9 Å². The molecule has 0 saturated carbocycles. The maximum absolute atomic E-state index is 12.3. The molecule has 1 atom stereocenters. The van der Waals surface area contributed by atoms with Crippen molar-refractivity contribution in [1.29, 1.82) is 0 Å². The van der Waals surface area contributed by atoms with E-state index in [1.165, 1.54) is 11.1 Å². The molecule has 1 aromatic carbocycles. The summed E-state index contributed by atoms with van der Waals surface area (Å²) in [7, 11) is 5.25. The van der Waals surface area contributed by atoms with Gasteiger partial charge in [-0.3, -0.25) is 14.4 Å². The van der Waals surface area contributed by atoms with E-state index in [0.29, 0.717) is 17.9 Å². The van der Waals surface area contributed by atoms with Crippen LogP contribution >= 0.6 is 0 Å². The van der Waals surface area contributed by atoms with E-state index in [1.54, 1.807) is 44.4 Å². The van der Waals surface area contributed by atoms with Crippen LogP contribution in [-0.2, 0) is 4.79 Å². The summed E-state index contributed by atoms with van der Waals surface area (Å²) >= 11 is 0. The van der Waals surface area contributed by atoms with E-state index in [9.17, 15) is 14.4 Å². The van der Waals surface area contributed by atoms with Crippen LogP contribution in [0.25, 0.3) is 0 Å². The number of aromatic nitrogens is 1. The number of likely N-dealkylation sites (N-methyl/N-ethyl adjacent to an activating group) is 1. The van der Waals surface area contributed by atoms with Crippen molar-refractivity contribution in [2.24, 2.45) is 0 Å². The average molecular weight is 370 g/mol. The van der Waals surface area contributed by atoms with Gasteiger partial charge >= 0.3 is 0 Å². The van der Waals surface area contributed by atoms with Crippen molar-refractivity contribution >= 4 is 23.2 Å². The van der Waals surface area contributed by atoms with Gasteiger partial charge in [-0.1, -0.05) is 0 Å². The van der Waals surface area contributed by atoms with Gasteiger partial charge in [0.25, 0.3) is 11.5 Å². The number of fused-ring (bicyclic) bond motifs is 1. The molecule has 142 valence electrons. The number of ether oxygens (including phenoxy) is 1. The van der Waals surface area contributed by atoms with E-state index in [2.05, 4.69) is 10.3 Å². The van der Waals surface area contributed by atoms with Crippen molar-refractivity contribution in [2.75, 3.05) is 38.0 Å². The second-order valence-electron chi connectivity index (χ2n) is 6.62. The van der Waals surface area contributed by atoms with Crippen molar-refractivity contribution < 1.29 is 14.3 Å². The number of nitrogens with one attached hydrogen (secondary N) is 2. The van der Waals surface area contributed by atoms with Crippen molar-refractivity contribution in [3.63, 3.8) is 0 Å². The third-order valence-corrected chi connectivity index (χ3v) is 4.48. The first-order valence-electron chi connectivity index (χ1n) is 8.55. The largest absolute Gasteiger partial charge is 0.489 e. The minimum Gasteiger partial charge on any atom is -0.489 e. The first-order valence-corrected chi connectivity index (χ1v) is 8.55. The number of carbonyl (C=O) groups excluding carboxylic acids is 2. The van der Waals surface area contributed by atoms with Crippen molar-refractivity contribution in [3.8, 4) is 5.75 Å². The lowest BCUT2D eigenvalue weighted by atomic mass is 10.1. The molecule has 0 radical (unpaired) electrons. The highest BCUT2D eigenvalue weighted by atomic mass is 16.5. The number of amides is 2. The molecular formula is C19H22N4O4. The Kier molecular flexibility index (Phi) is 5.16. The SMILES string of the molecule is CN(C)C(=O)c1ccc2c(c1)N(C)[C@H](CC(=O)Nc1ccc[nH]c1=O)CO2. The van der Waals surface area contributed by atoms with Gasteiger partial charge in [0.1, 0.15) is 18.0 Å². The van der Waals surface area contributed by atoms with Gasteiger partial charge in [0.05, 0.1) is 18.2 Å². The van der Waals surface area contributed by atoms with E-state index in [0.717, 1.165) is 5.69 Å². The molecule has 1 aliphatic rings. The number of hydrogen-bond donors (Lipinski definition) is 2. The number of rotatable bonds is 4. The minimum absolute atomic E-state index is 0.102. The van der Waals surface area contributed by atoms with E-state index in [4.69, 9.17) is 4.74 Å². The first-order chi connectivity index (χ1) is 12.9. The van der Waals surface area contributed by atoms with Crippen molar-refractivity contribution in [1.82, 2.24) is 9.88 Å². The summed E-state index contributed by atoms with van der Waals surface area (Å²) in [4.78, 5) is 42.2. The average Bonchev–Trinajstić information content (AvgIpc) is 2.65. The number of pyridine rings is 1. The smallest absolute Gasteiger partial charge is 0.271 e. The molecule has 0 aliphatic carbocycles. The summed E-state index contributed by atoms with van der Waals surface area (Å²) in [6, 6.07) is 8.24. The molecule has 1 aliphatic heterocycles. The molecular weight excluding hydrogens is 348 g/mol. The number of carbonyl (C=O) groups is 2. The number of nitrogens with zero attached hydrogens (tertiary/aromatic N) is 2. The van der Waals surface area contributed by atoms with Gasteiger partial charge < -0.3 is 24.8 Å². The fraction of sp³-hybridized carbons (Fsp3) is 0.316. The number of benzene rings is 1. The van der Waals surface area contributed by atoms with Gasteiger partial charge in [-0.25, -0.2) is 0 Å². The van der Waals surface area contributed by atoms with Crippen LogP contribution in [0.4, 0.5) is 11.4 Å². The predicted molar refractivity (Wildman–Crippen MR) is 102 cm³/mol. The van der Waals surface area contributed by atoms with Crippen LogP contribution in [0.3, 0.4) is 0 Å². The molecule has 0 fully saturated rings. The van der Waals surface area contributed by atoms with Gasteiger partial charge in [0.15, 0.2) is 0 Å². The van der Waals surface area contributed by atoms with Crippen LogP contribution in [0.15, 0.2) is 41.3 Å². The third-order valence-electron chi connectivity index (χ3n) is 4.48. The molecule has 2 amide bonds.